The average Bonchev–Trinajstić information content (AvgIpc) is 2.96. The molecule has 31 heavy (non-hydrogen) atoms. The Hall–Kier alpha value is -2.12. The summed E-state index contributed by atoms with van der Waals surface area (Å²) in [5.74, 6) is 0.886. The van der Waals surface area contributed by atoms with Crippen LogP contribution in [0.2, 0.25) is 0 Å². The number of ether oxygens (including phenoxy) is 1. The van der Waals surface area contributed by atoms with Crippen LogP contribution in [-0.4, -0.2) is 53.4 Å². The molecule has 5 fully saturated rings. The number of amides is 4. The average molecular weight is 434 g/mol. The van der Waals surface area contributed by atoms with Crippen molar-refractivity contribution in [1.29, 1.82) is 0 Å². The molecule has 1 heterocycles. The highest BCUT2D eigenvalue weighted by atomic mass is 16.5. The number of rotatable bonds is 8. The Morgan fingerprint density at radius 1 is 1.10 bits per heavy atom. The lowest BCUT2D eigenvalue weighted by Gasteiger charge is -2.59. The second-order valence-electron chi connectivity index (χ2n) is 10.3. The Morgan fingerprint density at radius 3 is 2.13 bits per heavy atom. The number of carbonyl (C=O) groups excluding carboxylic acids is 4. The van der Waals surface area contributed by atoms with Crippen molar-refractivity contribution in [2.45, 2.75) is 83.7 Å². The summed E-state index contributed by atoms with van der Waals surface area (Å²) >= 11 is 0. The van der Waals surface area contributed by atoms with E-state index in [0.29, 0.717) is 12.8 Å². The fourth-order valence-corrected chi connectivity index (χ4v) is 7.01. The van der Waals surface area contributed by atoms with Gasteiger partial charge in [0.2, 0.25) is 0 Å². The number of urea groups is 1. The van der Waals surface area contributed by atoms with Gasteiger partial charge < -0.3 is 15.4 Å². The second kappa shape index (κ2) is 8.10. The van der Waals surface area contributed by atoms with Crippen LogP contribution in [-0.2, 0) is 19.1 Å². The topological polar surface area (TPSA) is 105 Å². The molecule has 1 aliphatic heterocycles. The number of nitrogens with zero attached hydrogens (tertiary/aromatic N) is 1. The maximum Gasteiger partial charge on any atom is 0.326 e. The molecule has 0 aromatic carbocycles. The molecule has 172 valence electrons. The van der Waals surface area contributed by atoms with Crippen LogP contribution in [0.25, 0.3) is 0 Å². The predicted molar refractivity (Wildman–Crippen MR) is 113 cm³/mol. The van der Waals surface area contributed by atoms with Gasteiger partial charge in [-0.15, -0.1) is 0 Å². The van der Waals surface area contributed by atoms with E-state index in [9.17, 15) is 19.2 Å². The van der Waals surface area contributed by atoms with Crippen molar-refractivity contribution < 1.29 is 23.9 Å². The summed E-state index contributed by atoms with van der Waals surface area (Å²) in [5.41, 5.74) is -0.778. The Bertz CT molecular complexity index is 740. The first-order valence-corrected chi connectivity index (χ1v) is 11.8. The molecule has 0 spiro atoms. The minimum atomic E-state index is -0.956. The van der Waals surface area contributed by atoms with Crippen molar-refractivity contribution in [3.8, 4) is 0 Å². The van der Waals surface area contributed by atoms with Crippen molar-refractivity contribution in [3.63, 3.8) is 0 Å². The van der Waals surface area contributed by atoms with Gasteiger partial charge in [0, 0.05) is 6.04 Å². The Morgan fingerprint density at radius 2 is 1.65 bits per heavy atom. The van der Waals surface area contributed by atoms with Gasteiger partial charge in [-0.25, -0.2) is 4.79 Å². The molecule has 4 aliphatic carbocycles. The lowest BCUT2D eigenvalue weighted by molar-refractivity contribution is -0.151. The van der Waals surface area contributed by atoms with E-state index in [0.717, 1.165) is 22.7 Å². The molecule has 8 heteroatoms. The number of hydrogen-bond donors (Lipinski definition) is 2. The highest BCUT2D eigenvalue weighted by molar-refractivity contribution is 6.08. The summed E-state index contributed by atoms with van der Waals surface area (Å²) in [7, 11) is 0. The van der Waals surface area contributed by atoms with Gasteiger partial charge in [-0.2, -0.15) is 0 Å². The molecule has 0 radical (unpaired) electrons. The minimum Gasteiger partial charge on any atom is -0.454 e. The van der Waals surface area contributed by atoms with Gasteiger partial charge in [0.25, 0.3) is 11.8 Å². The molecule has 0 unspecified atom stereocenters. The molecule has 5 aliphatic rings. The number of carbonyl (C=O) groups is 4. The largest absolute Gasteiger partial charge is 0.454 e. The lowest BCUT2D eigenvalue weighted by Crippen LogP contribution is -2.56. The van der Waals surface area contributed by atoms with Crippen molar-refractivity contribution in [1.82, 2.24) is 15.5 Å². The number of imide groups is 1. The first kappa shape index (κ1) is 22.1. The number of nitrogens with one attached hydrogen (secondary N) is 2. The zero-order valence-electron chi connectivity index (χ0n) is 18.9. The molecule has 4 amide bonds. The van der Waals surface area contributed by atoms with Crippen LogP contribution in [0.1, 0.15) is 72.1 Å². The van der Waals surface area contributed by atoms with Crippen molar-refractivity contribution in [2.24, 2.45) is 23.2 Å². The van der Waals surface area contributed by atoms with Gasteiger partial charge in [-0.1, -0.05) is 13.8 Å². The summed E-state index contributed by atoms with van der Waals surface area (Å²) in [6.45, 7) is 4.84. The zero-order valence-corrected chi connectivity index (χ0v) is 18.9. The molecule has 1 saturated heterocycles. The van der Waals surface area contributed by atoms with E-state index in [1.807, 2.05) is 13.8 Å². The minimum absolute atomic E-state index is 0.0489. The molecule has 0 aromatic rings. The van der Waals surface area contributed by atoms with E-state index >= 15 is 0 Å². The van der Waals surface area contributed by atoms with Crippen LogP contribution in [0.5, 0.6) is 0 Å². The Labute approximate surface area is 183 Å². The van der Waals surface area contributed by atoms with Crippen LogP contribution in [0.4, 0.5) is 4.79 Å². The van der Waals surface area contributed by atoms with Crippen LogP contribution < -0.4 is 10.6 Å². The van der Waals surface area contributed by atoms with E-state index in [-0.39, 0.29) is 17.4 Å². The summed E-state index contributed by atoms with van der Waals surface area (Å²) in [4.78, 5) is 50.3. The van der Waals surface area contributed by atoms with E-state index in [2.05, 4.69) is 17.6 Å². The van der Waals surface area contributed by atoms with Crippen molar-refractivity contribution in [2.75, 3.05) is 13.2 Å². The van der Waals surface area contributed by atoms with E-state index in [4.69, 9.17) is 4.74 Å². The predicted octanol–water partition coefficient (Wildman–Crippen LogP) is 2.36. The third kappa shape index (κ3) is 3.94. The fraction of sp³-hybridized carbons (Fsp3) is 0.826. The normalized spacial score (nSPS) is 33.9. The smallest absolute Gasteiger partial charge is 0.326 e. The lowest BCUT2D eigenvalue weighted by atomic mass is 9.48. The first-order valence-electron chi connectivity index (χ1n) is 11.8. The molecule has 0 aromatic heterocycles. The van der Waals surface area contributed by atoms with Crippen molar-refractivity contribution >= 4 is 23.8 Å². The monoisotopic (exact) mass is 433 g/mol. The van der Waals surface area contributed by atoms with Crippen LogP contribution in [0.15, 0.2) is 0 Å². The molecule has 4 bridgehead atoms. The molecule has 1 atom stereocenters. The number of esters is 1. The summed E-state index contributed by atoms with van der Waals surface area (Å²) in [6.07, 6.45) is 8.48. The summed E-state index contributed by atoms with van der Waals surface area (Å²) in [6, 6.07) is -0.543. The summed E-state index contributed by atoms with van der Waals surface area (Å²) in [5, 5.41) is 5.74. The molecular weight excluding hydrogens is 398 g/mol. The standard InChI is InChI=1S/C23H35N3O5/c1-4-23(5-2)20(29)26(21(30)25-23)12-19(28)31-13-18(27)24-14(3)22-9-15-6-16(10-22)8-17(7-15)11-22/h14-17H,4-13H2,1-3H3,(H,24,27)(H,25,30)/t14-,15?,16?,17?,22?/m1/s1. The van der Waals surface area contributed by atoms with Crippen LogP contribution >= 0.6 is 0 Å². The van der Waals surface area contributed by atoms with Gasteiger partial charge in [0.05, 0.1) is 0 Å². The van der Waals surface area contributed by atoms with Crippen LogP contribution in [0.3, 0.4) is 0 Å². The quantitative estimate of drug-likeness (QED) is 0.452. The van der Waals surface area contributed by atoms with Crippen molar-refractivity contribution in [3.05, 3.63) is 0 Å². The molecule has 4 saturated carbocycles. The fourth-order valence-electron chi connectivity index (χ4n) is 7.01. The van der Waals surface area contributed by atoms with E-state index < -0.39 is 36.6 Å². The van der Waals surface area contributed by atoms with Gasteiger partial charge in [0.15, 0.2) is 6.61 Å². The van der Waals surface area contributed by atoms with E-state index in [1.54, 1.807) is 0 Å². The molecule has 8 nitrogen and oxygen atoms in total. The Balaban J connectivity index is 1.26. The van der Waals surface area contributed by atoms with Gasteiger partial charge in [-0.05, 0) is 81.5 Å². The van der Waals surface area contributed by atoms with Gasteiger partial charge in [0.1, 0.15) is 12.1 Å². The maximum absolute atomic E-state index is 12.6. The maximum atomic E-state index is 12.6. The number of hydrogen-bond acceptors (Lipinski definition) is 5. The van der Waals surface area contributed by atoms with Crippen LogP contribution in [0, 0.1) is 23.2 Å². The third-order valence-corrected chi connectivity index (χ3v) is 8.49. The first-order chi connectivity index (χ1) is 14.7. The Kier molecular flexibility index (Phi) is 5.77. The van der Waals surface area contributed by atoms with E-state index in [1.165, 1.54) is 38.5 Å². The summed E-state index contributed by atoms with van der Waals surface area (Å²) < 4.78 is 5.09. The highest BCUT2D eigenvalue weighted by Gasteiger charge is 2.53. The molecule has 2 N–H and O–H groups in total. The van der Waals surface area contributed by atoms with Gasteiger partial charge in [-0.3, -0.25) is 19.3 Å². The van der Waals surface area contributed by atoms with Gasteiger partial charge >= 0.3 is 12.0 Å². The molecular formula is C23H35N3O5. The third-order valence-electron chi connectivity index (χ3n) is 8.49. The highest BCUT2D eigenvalue weighted by Crippen LogP contribution is 2.61. The second-order valence-corrected chi connectivity index (χ2v) is 10.3. The zero-order chi connectivity index (χ0) is 22.4. The molecule has 5 rings (SSSR count). The SMILES string of the molecule is CCC1(CC)NC(=O)N(CC(=O)OCC(=O)N[C@H](C)C23CC4CC(CC(C4)C2)C3)C1=O.